The number of pyridine rings is 1. The normalized spacial score (nSPS) is 28.1. The van der Waals surface area contributed by atoms with Crippen molar-refractivity contribution in [3.63, 3.8) is 0 Å². The maximum Gasteiger partial charge on any atom is 0.198 e. The summed E-state index contributed by atoms with van der Waals surface area (Å²) in [7, 11) is 1.63. The van der Waals surface area contributed by atoms with E-state index in [0.29, 0.717) is 30.9 Å². The molecule has 1 saturated carbocycles. The average molecular weight is 543 g/mol. The SMILES string of the molecule is CNc1ncnc2c1c(F)cn2[C@]1(O)CO[C@@H]2[C@H](Cc3ccc4cc(Br)c(N)nc4c3)CC[C@@]21O. The summed E-state index contributed by atoms with van der Waals surface area (Å²) in [5, 5.41) is 27.5. The molecule has 6 rings (SSSR count). The maximum atomic E-state index is 14.9. The molecule has 0 radical (unpaired) electrons. The minimum Gasteiger partial charge on any atom is -0.383 e. The van der Waals surface area contributed by atoms with Crippen LogP contribution in [0.1, 0.15) is 18.4 Å². The van der Waals surface area contributed by atoms with Crippen LogP contribution >= 0.6 is 15.9 Å². The summed E-state index contributed by atoms with van der Waals surface area (Å²) in [5.74, 6) is 0.0904. The minimum absolute atomic E-state index is 0.0477. The molecule has 182 valence electrons. The van der Waals surface area contributed by atoms with Gasteiger partial charge in [-0.3, -0.25) is 4.57 Å². The van der Waals surface area contributed by atoms with Crippen LogP contribution in [0.5, 0.6) is 0 Å². The van der Waals surface area contributed by atoms with Crippen LogP contribution in [-0.4, -0.2) is 55.1 Å². The number of nitrogens with two attached hydrogens (primary N) is 1. The molecular weight excluding hydrogens is 519 g/mol. The zero-order chi connectivity index (χ0) is 24.5. The topological polar surface area (TPSA) is 131 Å². The Hall–Kier alpha value is -2.86. The first kappa shape index (κ1) is 22.6. The Morgan fingerprint density at radius 2 is 2.14 bits per heavy atom. The second kappa shape index (κ2) is 7.82. The minimum atomic E-state index is -1.87. The maximum absolute atomic E-state index is 14.9. The van der Waals surface area contributed by atoms with E-state index in [-0.39, 0.29) is 23.6 Å². The predicted molar refractivity (Wildman–Crippen MR) is 132 cm³/mol. The molecule has 0 spiro atoms. The Balaban J connectivity index is 1.33. The van der Waals surface area contributed by atoms with Gasteiger partial charge in [-0.1, -0.05) is 12.1 Å². The van der Waals surface area contributed by atoms with Gasteiger partial charge in [0.15, 0.2) is 17.2 Å². The highest BCUT2D eigenvalue weighted by atomic mass is 79.9. The summed E-state index contributed by atoms with van der Waals surface area (Å²) in [4.78, 5) is 12.7. The van der Waals surface area contributed by atoms with Crippen molar-refractivity contribution in [2.45, 2.75) is 36.7 Å². The average Bonchev–Trinajstić information content (AvgIpc) is 3.45. The predicted octanol–water partition coefficient (Wildman–Crippen LogP) is 2.93. The molecule has 2 fully saturated rings. The molecule has 0 unspecified atom stereocenters. The molecule has 0 bridgehead atoms. The molecule has 0 amide bonds. The molecule has 1 saturated heterocycles. The number of nitrogens with one attached hydrogen (secondary N) is 1. The first-order valence-electron chi connectivity index (χ1n) is 11.4. The van der Waals surface area contributed by atoms with Crippen LogP contribution in [0, 0.1) is 11.7 Å². The zero-order valence-corrected chi connectivity index (χ0v) is 20.5. The molecule has 4 aromatic rings. The monoisotopic (exact) mass is 542 g/mol. The molecule has 3 aromatic heterocycles. The number of hydrogen-bond donors (Lipinski definition) is 4. The lowest BCUT2D eigenvalue weighted by molar-refractivity contribution is -0.173. The van der Waals surface area contributed by atoms with Crippen molar-refractivity contribution in [3.8, 4) is 0 Å². The van der Waals surface area contributed by atoms with Gasteiger partial charge in [-0.2, -0.15) is 0 Å². The van der Waals surface area contributed by atoms with E-state index in [0.717, 1.165) is 27.1 Å². The van der Waals surface area contributed by atoms with Gasteiger partial charge in [0.1, 0.15) is 23.6 Å². The summed E-state index contributed by atoms with van der Waals surface area (Å²) in [6.45, 7) is -0.184. The number of fused-ring (bicyclic) bond motifs is 3. The van der Waals surface area contributed by atoms with Crippen molar-refractivity contribution in [1.29, 1.82) is 0 Å². The van der Waals surface area contributed by atoms with Crippen LogP contribution in [0.25, 0.3) is 21.9 Å². The molecule has 4 atom stereocenters. The highest BCUT2D eigenvalue weighted by molar-refractivity contribution is 9.10. The van der Waals surface area contributed by atoms with E-state index < -0.39 is 23.2 Å². The molecule has 4 heterocycles. The second-order valence-corrected chi connectivity index (χ2v) is 10.2. The van der Waals surface area contributed by atoms with Crippen molar-refractivity contribution < 1.29 is 19.3 Å². The lowest BCUT2D eigenvalue weighted by Crippen LogP contribution is -2.56. The first-order valence-corrected chi connectivity index (χ1v) is 12.2. The smallest absolute Gasteiger partial charge is 0.198 e. The summed E-state index contributed by atoms with van der Waals surface area (Å²) in [6, 6.07) is 7.93. The van der Waals surface area contributed by atoms with Crippen LogP contribution < -0.4 is 11.1 Å². The van der Waals surface area contributed by atoms with Crippen molar-refractivity contribution >= 4 is 49.5 Å². The van der Waals surface area contributed by atoms with Gasteiger partial charge < -0.3 is 26.0 Å². The van der Waals surface area contributed by atoms with Crippen molar-refractivity contribution in [1.82, 2.24) is 19.5 Å². The third-order valence-electron chi connectivity index (χ3n) is 7.49. The largest absolute Gasteiger partial charge is 0.383 e. The van der Waals surface area contributed by atoms with Gasteiger partial charge >= 0.3 is 0 Å². The molecule has 1 aromatic carbocycles. The molecular formula is C24H24BrFN6O3. The lowest BCUT2D eigenvalue weighted by atomic mass is 9.86. The Labute approximate surface area is 208 Å². The number of nitrogen functional groups attached to an aromatic ring is 1. The fourth-order valence-electron chi connectivity index (χ4n) is 5.73. The second-order valence-electron chi connectivity index (χ2n) is 9.38. The third kappa shape index (κ3) is 3.18. The highest BCUT2D eigenvalue weighted by Gasteiger charge is 2.66. The number of nitrogens with zero attached hydrogens (tertiary/aromatic N) is 4. The van der Waals surface area contributed by atoms with E-state index in [1.807, 2.05) is 24.3 Å². The number of halogens is 2. The molecule has 35 heavy (non-hydrogen) atoms. The van der Waals surface area contributed by atoms with Crippen LogP contribution in [0.2, 0.25) is 0 Å². The van der Waals surface area contributed by atoms with Crippen LogP contribution in [0.3, 0.4) is 0 Å². The Bertz CT molecular complexity index is 1480. The van der Waals surface area contributed by atoms with Crippen LogP contribution in [0.15, 0.2) is 41.3 Å². The van der Waals surface area contributed by atoms with Crippen molar-refractivity contribution in [3.05, 3.63) is 52.6 Å². The Morgan fingerprint density at radius 1 is 1.31 bits per heavy atom. The van der Waals surface area contributed by atoms with E-state index >= 15 is 0 Å². The van der Waals surface area contributed by atoms with E-state index in [9.17, 15) is 14.6 Å². The summed E-state index contributed by atoms with van der Waals surface area (Å²) < 4.78 is 23.0. The number of aliphatic hydroxyl groups is 2. The van der Waals surface area contributed by atoms with Gasteiger partial charge in [0.05, 0.1) is 28.1 Å². The first-order chi connectivity index (χ1) is 16.7. The number of hydrogen-bond acceptors (Lipinski definition) is 8. The van der Waals surface area contributed by atoms with Crippen LogP contribution in [0.4, 0.5) is 16.0 Å². The van der Waals surface area contributed by atoms with Gasteiger partial charge in [0.2, 0.25) is 0 Å². The van der Waals surface area contributed by atoms with E-state index in [2.05, 4.69) is 36.2 Å². The van der Waals surface area contributed by atoms with E-state index in [1.54, 1.807) is 7.05 Å². The lowest BCUT2D eigenvalue weighted by Gasteiger charge is -2.37. The Morgan fingerprint density at radius 3 is 2.94 bits per heavy atom. The van der Waals surface area contributed by atoms with Gasteiger partial charge in [0, 0.05) is 18.6 Å². The molecule has 1 aliphatic heterocycles. The van der Waals surface area contributed by atoms with Crippen LogP contribution in [-0.2, 0) is 16.9 Å². The standard InChI is InChI=1S/C24H24BrFN6O3/c1-28-21-18-16(26)9-32(22(18)30-11-29-21)24(34)10-35-19-14(4-5-23(19,24)33)6-12-2-3-13-8-15(25)20(27)31-17(13)7-12/h2-3,7-9,11,14,19,33-34H,4-6,10H2,1H3,(H2,27,31)(H,28,29,30)/t14-,19+,23+,24-/m0/s1. The molecule has 1 aliphatic carbocycles. The summed E-state index contributed by atoms with van der Waals surface area (Å²) in [6.07, 6.45) is 3.39. The number of ether oxygens (including phenoxy) is 1. The highest BCUT2D eigenvalue weighted by Crippen LogP contribution is 2.52. The van der Waals surface area contributed by atoms with Crippen molar-refractivity contribution in [2.24, 2.45) is 5.92 Å². The number of anilines is 2. The summed E-state index contributed by atoms with van der Waals surface area (Å²) >= 11 is 3.40. The van der Waals surface area contributed by atoms with E-state index in [4.69, 9.17) is 10.5 Å². The van der Waals surface area contributed by atoms with Gasteiger partial charge in [-0.05, 0) is 58.8 Å². The van der Waals surface area contributed by atoms with Gasteiger partial charge in [0.25, 0.3) is 0 Å². The fraction of sp³-hybridized carbons (Fsp3) is 0.375. The molecule has 11 heteroatoms. The van der Waals surface area contributed by atoms with Gasteiger partial charge in [-0.25, -0.2) is 19.3 Å². The number of aromatic nitrogens is 4. The zero-order valence-electron chi connectivity index (χ0n) is 18.9. The number of rotatable bonds is 4. The number of benzene rings is 1. The molecule has 2 aliphatic rings. The molecule has 9 nitrogen and oxygen atoms in total. The Kier molecular flexibility index (Phi) is 5.05. The fourth-order valence-corrected chi connectivity index (χ4v) is 6.07. The van der Waals surface area contributed by atoms with Gasteiger partial charge in [-0.15, -0.1) is 0 Å². The molecule has 5 N–H and O–H groups in total. The summed E-state index contributed by atoms with van der Waals surface area (Å²) in [5.41, 5.74) is 4.48. The van der Waals surface area contributed by atoms with E-state index in [1.165, 1.54) is 10.9 Å². The van der Waals surface area contributed by atoms with Crippen molar-refractivity contribution in [2.75, 3.05) is 24.7 Å². The quantitative estimate of drug-likeness (QED) is 0.309. The third-order valence-corrected chi connectivity index (χ3v) is 8.12.